The Balaban J connectivity index is 0.00000372. The summed E-state index contributed by atoms with van der Waals surface area (Å²) in [5.41, 5.74) is 9.72. The number of aryl methyl sites for hydroxylation is 3. The normalized spacial score (nSPS) is 11.2. The maximum atomic E-state index is 6.42. The molecule has 6 heteroatoms. The second-order valence-electron chi connectivity index (χ2n) is 11.7. The fourth-order valence-electron chi connectivity index (χ4n) is 6.28. The van der Waals surface area contributed by atoms with Gasteiger partial charge in [0.25, 0.3) is 0 Å². The molecule has 232 valence electrons. The third-order valence-electron chi connectivity index (χ3n) is 8.47. The molecule has 4 aromatic carbocycles. The summed E-state index contributed by atoms with van der Waals surface area (Å²) in [7, 11) is 0. The molecule has 0 aliphatic heterocycles. The van der Waals surface area contributed by atoms with Crippen LogP contribution in [0.5, 0.6) is 11.5 Å². The number of unbranched alkanes of at least 4 members (excludes halogenated alkanes) is 2. The van der Waals surface area contributed by atoms with E-state index in [0.29, 0.717) is 11.5 Å². The van der Waals surface area contributed by atoms with Gasteiger partial charge in [-0.3, -0.25) is 4.68 Å². The first-order chi connectivity index (χ1) is 22.0. The molecule has 0 N–H and O–H groups in total. The van der Waals surface area contributed by atoms with E-state index in [1.54, 1.807) is 0 Å². The number of pyridine rings is 1. The predicted octanol–water partition coefficient (Wildman–Crippen LogP) is 10.1. The second-order valence-corrected chi connectivity index (χ2v) is 11.7. The average Bonchev–Trinajstić information content (AvgIpc) is 3.54. The summed E-state index contributed by atoms with van der Waals surface area (Å²) in [6, 6.07) is 38.4. The monoisotopic (exact) mass is 783 g/mol. The first-order valence-electron chi connectivity index (χ1n) is 15.7. The largest absolute Gasteiger partial charge is 2.00 e. The van der Waals surface area contributed by atoms with Crippen LogP contribution in [0.25, 0.3) is 44.4 Å². The molecule has 0 aliphatic rings. The van der Waals surface area contributed by atoms with Crippen LogP contribution in [0.15, 0.2) is 97.2 Å². The Morgan fingerprint density at radius 2 is 1.61 bits per heavy atom. The number of rotatable bonds is 9. The molecule has 46 heavy (non-hydrogen) atoms. The number of fused-ring (bicyclic) bond motifs is 3. The molecule has 0 bridgehead atoms. The molecule has 3 heterocycles. The fourth-order valence-corrected chi connectivity index (χ4v) is 6.28. The summed E-state index contributed by atoms with van der Waals surface area (Å²) < 4.78 is 10.6. The third kappa shape index (κ3) is 6.04. The Morgan fingerprint density at radius 3 is 2.41 bits per heavy atom. The summed E-state index contributed by atoms with van der Waals surface area (Å²) in [5.74, 6) is 2.09. The van der Waals surface area contributed by atoms with E-state index in [2.05, 4.69) is 92.1 Å². The standard InChI is InChI=1S/C40H36N4O.Pt/c1-5-6-8-12-30-17-20-37-36(24-30)35-19-18-34(26-38(35)43(37)39-23-27(2)21-22-41-39)45-33-16-11-15-32(25-33)44-29(4)40(28(3)42-44)31-13-9-7-10-14-31;/h7,9-11,13-24H,5-6,8,12H2,1-4H3;/q-2;+2. The number of hydrogen-bond acceptors (Lipinski definition) is 3. The van der Waals surface area contributed by atoms with Crippen molar-refractivity contribution in [2.75, 3.05) is 0 Å². The van der Waals surface area contributed by atoms with Crippen LogP contribution in [0.3, 0.4) is 0 Å². The van der Waals surface area contributed by atoms with Crippen molar-refractivity contribution in [3.05, 3.63) is 132 Å². The summed E-state index contributed by atoms with van der Waals surface area (Å²) >= 11 is 0. The first kappa shape index (κ1) is 31.5. The van der Waals surface area contributed by atoms with Crippen LogP contribution in [0.1, 0.15) is 48.7 Å². The van der Waals surface area contributed by atoms with Crippen LogP contribution in [0.2, 0.25) is 0 Å². The van der Waals surface area contributed by atoms with Crippen molar-refractivity contribution in [1.82, 2.24) is 19.3 Å². The molecule has 0 amide bonds. The van der Waals surface area contributed by atoms with Gasteiger partial charge >= 0.3 is 21.1 Å². The Labute approximate surface area is 285 Å². The van der Waals surface area contributed by atoms with Gasteiger partial charge in [-0.15, -0.1) is 35.7 Å². The van der Waals surface area contributed by atoms with E-state index >= 15 is 0 Å². The fraction of sp³-hybridized carbons (Fsp3) is 0.200. The van der Waals surface area contributed by atoms with Crippen molar-refractivity contribution in [2.24, 2.45) is 0 Å². The van der Waals surface area contributed by atoms with Crippen molar-refractivity contribution < 1.29 is 25.8 Å². The summed E-state index contributed by atoms with van der Waals surface area (Å²) in [6.45, 7) is 8.49. The molecule has 5 nitrogen and oxygen atoms in total. The van der Waals surface area contributed by atoms with Gasteiger partial charge < -0.3 is 9.30 Å². The van der Waals surface area contributed by atoms with E-state index in [4.69, 9.17) is 14.8 Å². The van der Waals surface area contributed by atoms with Gasteiger partial charge in [0, 0.05) is 34.5 Å². The maximum absolute atomic E-state index is 6.42. The van der Waals surface area contributed by atoms with Crippen LogP contribution >= 0.6 is 0 Å². The summed E-state index contributed by atoms with van der Waals surface area (Å²) in [5, 5.41) is 7.20. The topological polar surface area (TPSA) is 44.9 Å². The van der Waals surface area contributed by atoms with Crippen LogP contribution in [-0.4, -0.2) is 19.3 Å². The van der Waals surface area contributed by atoms with Gasteiger partial charge in [-0.1, -0.05) is 67.7 Å². The Hall–Kier alpha value is -4.47. The number of aromatic nitrogens is 4. The molecule has 0 fully saturated rings. The molecule has 7 rings (SSSR count). The molecule has 0 atom stereocenters. The molecule has 0 radical (unpaired) electrons. The molecule has 7 aromatic rings. The minimum absolute atomic E-state index is 0. The minimum atomic E-state index is 0. The molecule has 0 aliphatic carbocycles. The van der Waals surface area contributed by atoms with E-state index in [9.17, 15) is 0 Å². The first-order valence-corrected chi connectivity index (χ1v) is 15.7. The third-order valence-corrected chi connectivity index (χ3v) is 8.47. The second kappa shape index (κ2) is 13.5. The van der Waals surface area contributed by atoms with E-state index in [1.807, 2.05) is 54.2 Å². The van der Waals surface area contributed by atoms with Crippen molar-refractivity contribution in [2.45, 2.75) is 53.4 Å². The van der Waals surface area contributed by atoms with E-state index in [-0.39, 0.29) is 21.1 Å². The molecule has 0 saturated heterocycles. The summed E-state index contributed by atoms with van der Waals surface area (Å²) in [6.07, 6.45) is 6.61. The van der Waals surface area contributed by atoms with Gasteiger partial charge in [0.1, 0.15) is 5.82 Å². The van der Waals surface area contributed by atoms with Crippen molar-refractivity contribution in [3.63, 3.8) is 0 Å². The van der Waals surface area contributed by atoms with E-state index < -0.39 is 0 Å². The van der Waals surface area contributed by atoms with Crippen LogP contribution < -0.4 is 4.74 Å². The zero-order valence-electron chi connectivity index (χ0n) is 26.6. The van der Waals surface area contributed by atoms with Crippen LogP contribution in [0.4, 0.5) is 0 Å². The SMILES string of the molecule is CCCCCc1ccc2c(c1)c1ccc(Oc3[c-]c(-n4nc(C)c(-c5ccccc5)c4C)ccc3)[c-]c1n2-c1cc(C)ccn1.[Pt+2]. The number of hydrogen-bond donors (Lipinski definition) is 0. The smallest absolute Gasteiger partial charge is 0.509 e. The zero-order chi connectivity index (χ0) is 30.9. The number of benzene rings is 4. The molecule has 0 spiro atoms. The van der Waals surface area contributed by atoms with Gasteiger partial charge in [0.2, 0.25) is 0 Å². The van der Waals surface area contributed by atoms with Gasteiger partial charge in [0.15, 0.2) is 0 Å². The maximum Gasteiger partial charge on any atom is 2.00 e. The van der Waals surface area contributed by atoms with Gasteiger partial charge in [0.05, 0.1) is 5.69 Å². The van der Waals surface area contributed by atoms with E-state index in [1.165, 1.54) is 30.2 Å². The molecular formula is C40H36N4OPt. The zero-order valence-corrected chi connectivity index (χ0v) is 28.9. The van der Waals surface area contributed by atoms with Crippen molar-refractivity contribution >= 4 is 21.8 Å². The van der Waals surface area contributed by atoms with E-state index in [0.717, 1.165) is 62.4 Å². The van der Waals surface area contributed by atoms with Crippen molar-refractivity contribution in [1.29, 1.82) is 0 Å². The molecule has 0 saturated carbocycles. The number of ether oxygens (including phenoxy) is 1. The Morgan fingerprint density at radius 1 is 0.783 bits per heavy atom. The quantitative estimate of drug-likeness (QED) is 0.108. The predicted molar refractivity (Wildman–Crippen MR) is 183 cm³/mol. The Kier molecular flexibility index (Phi) is 9.24. The van der Waals surface area contributed by atoms with Gasteiger partial charge in [-0.05, 0) is 79.6 Å². The molecule has 3 aromatic heterocycles. The summed E-state index contributed by atoms with van der Waals surface area (Å²) in [4.78, 5) is 4.75. The molecule has 0 unspecified atom stereocenters. The van der Waals surface area contributed by atoms with Gasteiger partial charge in [-0.2, -0.15) is 17.2 Å². The average molecular weight is 784 g/mol. The Bertz CT molecular complexity index is 2140. The van der Waals surface area contributed by atoms with Crippen LogP contribution in [0, 0.1) is 32.9 Å². The van der Waals surface area contributed by atoms with Crippen molar-refractivity contribution in [3.8, 4) is 34.1 Å². The molecular weight excluding hydrogens is 748 g/mol. The number of nitrogens with zero attached hydrogens (tertiary/aromatic N) is 4. The van der Waals surface area contributed by atoms with Gasteiger partial charge in [-0.25, -0.2) is 4.98 Å². The minimum Gasteiger partial charge on any atom is -0.509 e. The van der Waals surface area contributed by atoms with Crippen LogP contribution in [-0.2, 0) is 27.5 Å².